The lowest BCUT2D eigenvalue weighted by Gasteiger charge is -2.30. The predicted molar refractivity (Wildman–Crippen MR) is 89.6 cm³/mol. The molecule has 1 fully saturated rings. The van der Waals surface area contributed by atoms with Crippen molar-refractivity contribution >= 4 is 17.7 Å². The van der Waals surface area contributed by atoms with Crippen molar-refractivity contribution < 1.29 is 4.79 Å². The van der Waals surface area contributed by atoms with E-state index in [0.29, 0.717) is 10.9 Å². The smallest absolute Gasteiger partial charge is 0.233 e. The highest BCUT2D eigenvalue weighted by atomic mass is 32.2. The fraction of sp³-hybridized carbons (Fsp3) is 0.500. The molecule has 1 aliphatic rings. The van der Waals surface area contributed by atoms with Gasteiger partial charge in [-0.3, -0.25) is 4.79 Å². The lowest BCUT2D eigenvalue weighted by atomic mass is 9.99. The molecule has 0 saturated carbocycles. The summed E-state index contributed by atoms with van der Waals surface area (Å²) in [5.41, 5.74) is 2.09. The molecule has 23 heavy (non-hydrogen) atoms. The number of tetrazole rings is 1. The van der Waals surface area contributed by atoms with Gasteiger partial charge in [0.25, 0.3) is 0 Å². The Bertz CT molecular complexity index is 661. The third-order valence-electron chi connectivity index (χ3n) is 4.18. The molecule has 0 aliphatic carbocycles. The van der Waals surface area contributed by atoms with E-state index in [1.165, 1.54) is 17.3 Å². The largest absolute Gasteiger partial charge is 0.342 e. The van der Waals surface area contributed by atoms with Crippen LogP contribution in [0.2, 0.25) is 0 Å². The first-order valence-corrected chi connectivity index (χ1v) is 8.88. The highest BCUT2D eigenvalue weighted by Crippen LogP contribution is 2.21. The summed E-state index contributed by atoms with van der Waals surface area (Å²) in [6.07, 6.45) is 2.19. The zero-order chi connectivity index (χ0) is 16.2. The van der Waals surface area contributed by atoms with E-state index in [-0.39, 0.29) is 5.91 Å². The SMILES string of the molecule is Cc1ccc(-n2nnnc2SCC(=O)N2CCC(C)CC2)cc1. The fourth-order valence-corrected chi connectivity index (χ4v) is 3.39. The molecule has 0 unspecified atom stereocenters. The summed E-state index contributed by atoms with van der Waals surface area (Å²) in [4.78, 5) is 14.3. The summed E-state index contributed by atoms with van der Waals surface area (Å²) < 4.78 is 1.68. The molecular weight excluding hydrogens is 310 g/mol. The van der Waals surface area contributed by atoms with Crippen molar-refractivity contribution in [3.8, 4) is 5.69 Å². The van der Waals surface area contributed by atoms with E-state index in [2.05, 4.69) is 22.4 Å². The Morgan fingerprint density at radius 2 is 1.96 bits per heavy atom. The van der Waals surface area contributed by atoms with Gasteiger partial charge in [-0.05, 0) is 48.2 Å². The quantitative estimate of drug-likeness (QED) is 0.805. The van der Waals surface area contributed by atoms with Crippen LogP contribution in [0.3, 0.4) is 0 Å². The van der Waals surface area contributed by atoms with Gasteiger partial charge < -0.3 is 4.90 Å². The Balaban J connectivity index is 1.62. The number of likely N-dealkylation sites (tertiary alicyclic amines) is 1. The van der Waals surface area contributed by atoms with Crippen LogP contribution in [0.15, 0.2) is 29.4 Å². The Kier molecular flexibility index (Phi) is 4.95. The fourth-order valence-electron chi connectivity index (χ4n) is 2.59. The second-order valence-electron chi connectivity index (χ2n) is 6.06. The van der Waals surface area contributed by atoms with E-state index in [0.717, 1.165) is 37.5 Å². The van der Waals surface area contributed by atoms with Crippen LogP contribution in [0.4, 0.5) is 0 Å². The Labute approximate surface area is 140 Å². The number of hydrogen-bond acceptors (Lipinski definition) is 5. The van der Waals surface area contributed by atoms with Gasteiger partial charge in [-0.25, -0.2) is 0 Å². The maximum atomic E-state index is 12.3. The number of aryl methyl sites for hydroxylation is 1. The van der Waals surface area contributed by atoms with Gasteiger partial charge in [-0.2, -0.15) is 4.68 Å². The van der Waals surface area contributed by atoms with Gasteiger partial charge in [-0.15, -0.1) is 5.10 Å². The Morgan fingerprint density at radius 1 is 1.26 bits per heavy atom. The number of benzene rings is 1. The normalized spacial score (nSPS) is 15.8. The lowest BCUT2D eigenvalue weighted by molar-refractivity contribution is -0.129. The van der Waals surface area contributed by atoms with Crippen LogP contribution in [0.1, 0.15) is 25.3 Å². The number of piperidine rings is 1. The molecule has 1 amide bonds. The molecule has 3 rings (SSSR count). The van der Waals surface area contributed by atoms with Crippen molar-refractivity contribution in [2.45, 2.75) is 31.8 Å². The zero-order valence-electron chi connectivity index (χ0n) is 13.5. The number of rotatable bonds is 4. The van der Waals surface area contributed by atoms with Gasteiger partial charge in [0.05, 0.1) is 11.4 Å². The van der Waals surface area contributed by atoms with E-state index >= 15 is 0 Å². The number of aromatic nitrogens is 4. The van der Waals surface area contributed by atoms with Crippen molar-refractivity contribution in [2.75, 3.05) is 18.8 Å². The first-order valence-electron chi connectivity index (χ1n) is 7.89. The van der Waals surface area contributed by atoms with Crippen LogP contribution in [0.5, 0.6) is 0 Å². The molecular formula is C16H21N5OS. The molecule has 2 aromatic rings. The standard InChI is InChI=1S/C16H21N5OS/c1-12-3-5-14(6-4-12)21-16(17-18-19-21)23-11-15(22)20-9-7-13(2)8-10-20/h3-6,13H,7-11H2,1-2H3. The van der Waals surface area contributed by atoms with Gasteiger partial charge in [0.1, 0.15) is 0 Å². The van der Waals surface area contributed by atoms with E-state index in [1.54, 1.807) is 4.68 Å². The molecule has 1 aliphatic heterocycles. The average molecular weight is 331 g/mol. The van der Waals surface area contributed by atoms with Crippen LogP contribution in [0.25, 0.3) is 5.69 Å². The van der Waals surface area contributed by atoms with Crippen molar-refractivity contribution in [2.24, 2.45) is 5.92 Å². The van der Waals surface area contributed by atoms with E-state index in [4.69, 9.17) is 0 Å². The van der Waals surface area contributed by atoms with Crippen molar-refractivity contribution in [1.82, 2.24) is 25.1 Å². The van der Waals surface area contributed by atoms with Gasteiger partial charge >= 0.3 is 0 Å². The summed E-state index contributed by atoms with van der Waals surface area (Å²) in [6.45, 7) is 6.01. The first kappa shape index (κ1) is 16.0. The number of carbonyl (C=O) groups is 1. The monoisotopic (exact) mass is 331 g/mol. The second kappa shape index (κ2) is 7.12. The topological polar surface area (TPSA) is 63.9 Å². The third-order valence-corrected chi connectivity index (χ3v) is 5.08. The van der Waals surface area contributed by atoms with E-state index < -0.39 is 0 Å². The van der Waals surface area contributed by atoms with Gasteiger partial charge in [0, 0.05) is 13.1 Å². The number of carbonyl (C=O) groups excluding carboxylic acids is 1. The summed E-state index contributed by atoms with van der Waals surface area (Å²) >= 11 is 1.39. The summed E-state index contributed by atoms with van der Waals surface area (Å²) in [5.74, 6) is 1.27. The van der Waals surface area contributed by atoms with Crippen molar-refractivity contribution in [3.05, 3.63) is 29.8 Å². The molecule has 0 radical (unpaired) electrons. The molecule has 0 atom stereocenters. The third kappa shape index (κ3) is 3.90. The summed E-state index contributed by atoms with van der Waals surface area (Å²) in [6, 6.07) is 7.99. The number of thioether (sulfide) groups is 1. The van der Waals surface area contributed by atoms with E-state index in [1.807, 2.05) is 36.1 Å². The molecule has 6 nitrogen and oxygen atoms in total. The Morgan fingerprint density at radius 3 is 2.65 bits per heavy atom. The minimum absolute atomic E-state index is 0.167. The molecule has 1 saturated heterocycles. The molecule has 0 bridgehead atoms. The minimum atomic E-state index is 0.167. The van der Waals surface area contributed by atoms with Gasteiger partial charge in [0.2, 0.25) is 11.1 Å². The van der Waals surface area contributed by atoms with Crippen molar-refractivity contribution in [1.29, 1.82) is 0 Å². The van der Waals surface area contributed by atoms with E-state index in [9.17, 15) is 4.79 Å². The van der Waals surface area contributed by atoms with Gasteiger partial charge in [-0.1, -0.05) is 36.4 Å². The average Bonchev–Trinajstić information content (AvgIpc) is 3.02. The Hall–Kier alpha value is -1.89. The molecule has 1 aromatic carbocycles. The molecule has 0 spiro atoms. The molecule has 122 valence electrons. The predicted octanol–water partition coefficient (Wildman–Crippen LogP) is 2.32. The van der Waals surface area contributed by atoms with Crippen LogP contribution in [-0.4, -0.2) is 49.9 Å². The van der Waals surface area contributed by atoms with Crippen LogP contribution in [-0.2, 0) is 4.79 Å². The van der Waals surface area contributed by atoms with Gasteiger partial charge in [0.15, 0.2) is 0 Å². The maximum Gasteiger partial charge on any atom is 0.233 e. The highest BCUT2D eigenvalue weighted by molar-refractivity contribution is 7.99. The minimum Gasteiger partial charge on any atom is -0.342 e. The number of amides is 1. The van der Waals surface area contributed by atoms with Crippen LogP contribution < -0.4 is 0 Å². The van der Waals surface area contributed by atoms with Crippen molar-refractivity contribution in [3.63, 3.8) is 0 Å². The highest BCUT2D eigenvalue weighted by Gasteiger charge is 2.21. The number of hydrogen-bond donors (Lipinski definition) is 0. The maximum absolute atomic E-state index is 12.3. The summed E-state index contributed by atoms with van der Waals surface area (Å²) in [5, 5.41) is 12.4. The first-order chi connectivity index (χ1) is 11.1. The van der Waals surface area contributed by atoms with Crippen LogP contribution >= 0.6 is 11.8 Å². The molecule has 2 heterocycles. The van der Waals surface area contributed by atoms with Crippen LogP contribution in [0, 0.1) is 12.8 Å². The second-order valence-corrected chi connectivity index (χ2v) is 7.00. The molecule has 7 heteroatoms. The molecule has 0 N–H and O–H groups in total. The lowest BCUT2D eigenvalue weighted by Crippen LogP contribution is -2.38. The summed E-state index contributed by atoms with van der Waals surface area (Å²) in [7, 11) is 0. The molecule has 1 aromatic heterocycles. The number of nitrogens with zero attached hydrogens (tertiary/aromatic N) is 5. The zero-order valence-corrected chi connectivity index (χ0v) is 14.3.